The summed E-state index contributed by atoms with van der Waals surface area (Å²) >= 11 is 0. The number of rotatable bonds is 5. The Morgan fingerprint density at radius 3 is 2.75 bits per heavy atom. The van der Waals surface area contributed by atoms with Crippen LogP contribution in [0.1, 0.15) is 34.8 Å². The second kappa shape index (κ2) is 8.25. The normalized spacial score (nSPS) is 10.2. The number of amides is 2. The molecule has 2 amide bonds. The number of nitrogens with one attached hydrogen (secondary N) is 2. The minimum atomic E-state index is -0.409. The van der Waals surface area contributed by atoms with E-state index in [9.17, 15) is 9.59 Å². The van der Waals surface area contributed by atoms with Crippen molar-refractivity contribution in [3.63, 3.8) is 0 Å². The van der Waals surface area contributed by atoms with Crippen molar-refractivity contribution in [3.05, 3.63) is 65.2 Å². The van der Waals surface area contributed by atoms with Crippen molar-refractivity contribution in [3.8, 4) is 6.07 Å². The zero-order valence-corrected chi connectivity index (χ0v) is 13.1. The molecule has 2 N–H and O–H groups in total. The van der Waals surface area contributed by atoms with E-state index in [0.29, 0.717) is 28.8 Å². The fraction of sp³-hybridized carbons (Fsp3) is 0.111. The Labute approximate surface area is 139 Å². The topological polar surface area (TPSA) is 94.3 Å². The van der Waals surface area contributed by atoms with Crippen LogP contribution < -0.4 is 10.7 Å². The van der Waals surface area contributed by atoms with Gasteiger partial charge in [-0.3, -0.25) is 9.59 Å². The molecule has 0 unspecified atom stereocenters. The van der Waals surface area contributed by atoms with E-state index in [1.54, 1.807) is 55.5 Å². The molecule has 120 valence electrons. The van der Waals surface area contributed by atoms with Crippen LogP contribution in [-0.4, -0.2) is 18.0 Å². The number of benzene rings is 2. The quantitative estimate of drug-likeness (QED) is 0.655. The molecule has 0 radical (unpaired) electrons. The van der Waals surface area contributed by atoms with Gasteiger partial charge in [0.15, 0.2) is 0 Å². The number of nitriles is 1. The van der Waals surface area contributed by atoms with E-state index in [4.69, 9.17) is 5.26 Å². The van der Waals surface area contributed by atoms with Gasteiger partial charge in [0, 0.05) is 23.2 Å². The fourth-order valence-corrected chi connectivity index (χ4v) is 1.92. The van der Waals surface area contributed by atoms with Crippen LogP contribution in [0.2, 0.25) is 0 Å². The van der Waals surface area contributed by atoms with E-state index in [0.717, 1.165) is 0 Å². The maximum atomic E-state index is 12.1. The maximum absolute atomic E-state index is 12.1. The van der Waals surface area contributed by atoms with Crippen LogP contribution in [0.15, 0.2) is 53.6 Å². The molecule has 24 heavy (non-hydrogen) atoms. The second-order valence-electron chi connectivity index (χ2n) is 4.88. The monoisotopic (exact) mass is 320 g/mol. The average molecular weight is 320 g/mol. The van der Waals surface area contributed by atoms with Crippen molar-refractivity contribution in [1.29, 1.82) is 5.26 Å². The third-order valence-electron chi connectivity index (χ3n) is 3.18. The molecule has 0 spiro atoms. The maximum Gasteiger partial charge on any atom is 0.271 e. The van der Waals surface area contributed by atoms with Gasteiger partial charge in [-0.2, -0.15) is 10.4 Å². The molecule has 0 saturated heterocycles. The molecule has 0 aromatic heterocycles. The summed E-state index contributed by atoms with van der Waals surface area (Å²) in [4.78, 5) is 23.5. The summed E-state index contributed by atoms with van der Waals surface area (Å²) in [5, 5.41) is 15.6. The summed E-state index contributed by atoms with van der Waals surface area (Å²) in [6.07, 6.45) is 1.78. The molecule has 6 heteroatoms. The summed E-state index contributed by atoms with van der Waals surface area (Å²) < 4.78 is 0. The molecule has 0 aliphatic heterocycles. The van der Waals surface area contributed by atoms with E-state index in [1.807, 2.05) is 0 Å². The Bertz CT molecular complexity index is 822. The largest absolute Gasteiger partial charge is 0.326 e. The molecule has 6 nitrogen and oxygen atoms in total. The van der Waals surface area contributed by atoms with Crippen LogP contribution >= 0.6 is 0 Å². The van der Waals surface area contributed by atoms with Crippen LogP contribution in [-0.2, 0) is 4.79 Å². The van der Waals surface area contributed by atoms with Gasteiger partial charge in [-0.1, -0.05) is 31.2 Å². The Morgan fingerprint density at radius 1 is 1.21 bits per heavy atom. The van der Waals surface area contributed by atoms with Crippen molar-refractivity contribution in [2.45, 2.75) is 13.3 Å². The van der Waals surface area contributed by atoms with Gasteiger partial charge in [0.1, 0.15) is 0 Å². The van der Waals surface area contributed by atoms with Gasteiger partial charge in [-0.15, -0.1) is 0 Å². The van der Waals surface area contributed by atoms with Crippen molar-refractivity contribution in [2.24, 2.45) is 5.10 Å². The Kier molecular flexibility index (Phi) is 5.81. The van der Waals surface area contributed by atoms with Gasteiger partial charge in [-0.05, 0) is 24.3 Å². The highest BCUT2D eigenvalue weighted by molar-refractivity contribution is 5.97. The van der Waals surface area contributed by atoms with Gasteiger partial charge >= 0.3 is 0 Å². The molecule has 0 heterocycles. The molecule has 0 bridgehead atoms. The lowest BCUT2D eigenvalue weighted by Crippen LogP contribution is -2.18. The standard InChI is InChI=1S/C18H16N4O2/c1-2-17(23)21-16-9-5-8-13(10-16)18(24)22-20-12-15-7-4-3-6-14(15)11-19/h3-10,12H,2H2,1H3,(H,21,23)(H,22,24). The van der Waals surface area contributed by atoms with Gasteiger partial charge in [0.2, 0.25) is 5.91 Å². The highest BCUT2D eigenvalue weighted by Gasteiger charge is 2.06. The Balaban J connectivity index is 2.05. The average Bonchev–Trinajstić information content (AvgIpc) is 2.62. The van der Waals surface area contributed by atoms with Gasteiger partial charge in [-0.25, -0.2) is 5.43 Å². The van der Waals surface area contributed by atoms with Crippen molar-refractivity contribution in [1.82, 2.24) is 5.43 Å². The van der Waals surface area contributed by atoms with Gasteiger partial charge in [0.05, 0.1) is 17.8 Å². The predicted octanol–water partition coefficient (Wildman–Crippen LogP) is 2.67. The molecule has 2 aromatic carbocycles. The first-order valence-electron chi connectivity index (χ1n) is 7.36. The summed E-state index contributed by atoms with van der Waals surface area (Å²) in [5.41, 5.74) is 4.41. The second-order valence-corrected chi connectivity index (χ2v) is 4.88. The van der Waals surface area contributed by atoms with E-state index in [2.05, 4.69) is 21.9 Å². The number of hydrogen-bond donors (Lipinski definition) is 2. The molecular weight excluding hydrogens is 304 g/mol. The summed E-state index contributed by atoms with van der Waals surface area (Å²) in [5.74, 6) is -0.535. The van der Waals surface area contributed by atoms with Crippen LogP contribution in [0.3, 0.4) is 0 Å². The first-order valence-corrected chi connectivity index (χ1v) is 7.36. The zero-order valence-electron chi connectivity index (χ0n) is 13.1. The Hall–Kier alpha value is -3.46. The van der Waals surface area contributed by atoms with Gasteiger partial charge < -0.3 is 5.32 Å². The molecule has 0 atom stereocenters. The SMILES string of the molecule is CCC(=O)Nc1cccc(C(=O)NN=Cc2ccccc2C#N)c1. The molecule has 0 aliphatic rings. The first-order chi connectivity index (χ1) is 11.6. The minimum Gasteiger partial charge on any atom is -0.326 e. The lowest BCUT2D eigenvalue weighted by Gasteiger charge is -2.05. The summed E-state index contributed by atoms with van der Waals surface area (Å²) in [7, 11) is 0. The smallest absolute Gasteiger partial charge is 0.271 e. The highest BCUT2D eigenvalue weighted by Crippen LogP contribution is 2.11. The predicted molar refractivity (Wildman–Crippen MR) is 91.6 cm³/mol. The molecular formula is C18H16N4O2. The van der Waals surface area contributed by atoms with Crippen LogP contribution in [0.5, 0.6) is 0 Å². The number of nitrogens with zero attached hydrogens (tertiary/aromatic N) is 2. The summed E-state index contributed by atoms with van der Waals surface area (Å²) in [6, 6.07) is 15.6. The molecule has 2 rings (SSSR count). The lowest BCUT2D eigenvalue weighted by atomic mass is 10.1. The van der Waals surface area contributed by atoms with Crippen LogP contribution in [0.25, 0.3) is 0 Å². The third kappa shape index (κ3) is 4.52. The van der Waals surface area contributed by atoms with E-state index < -0.39 is 5.91 Å². The third-order valence-corrected chi connectivity index (χ3v) is 3.18. The lowest BCUT2D eigenvalue weighted by molar-refractivity contribution is -0.115. The minimum absolute atomic E-state index is 0.126. The molecule has 0 aliphatic carbocycles. The fourth-order valence-electron chi connectivity index (χ4n) is 1.92. The number of hydrazone groups is 1. The Morgan fingerprint density at radius 2 is 2.00 bits per heavy atom. The molecule has 2 aromatic rings. The number of hydrogen-bond acceptors (Lipinski definition) is 4. The van der Waals surface area contributed by atoms with Crippen molar-refractivity contribution in [2.75, 3.05) is 5.32 Å². The zero-order chi connectivity index (χ0) is 17.4. The number of carbonyl (C=O) groups is 2. The molecule has 0 saturated carbocycles. The first kappa shape index (κ1) is 16.9. The van der Waals surface area contributed by atoms with E-state index in [-0.39, 0.29) is 5.91 Å². The van der Waals surface area contributed by atoms with Crippen LogP contribution in [0, 0.1) is 11.3 Å². The highest BCUT2D eigenvalue weighted by atomic mass is 16.2. The van der Waals surface area contributed by atoms with E-state index >= 15 is 0 Å². The summed E-state index contributed by atoms with van der Waals surface area (Å²) in [6.45, 7) is 1.75. The molecule has 0 fully saturated rings. The van der Waals surface area contributed by atoms with Crippen LogP contribution in [0.4, 0.5) is 5.69 Å². The van der Waals surface area contributed by atoms with Gasteiger partial charge in [0.25, 0.3) is 5.91 Å². The van der Waals surface area contributed by atoms with E-state index in [1.165, 1.54) is 6.21 Å². The number of carbonyl (C=O) groups excluding carboxylic acids is 2. The van der Waals surface area contributed by atoms with Crippen molar-refractivity contribution < 1.29 is 9.59 Å². The number of anilines is 1. The van der Waals surface area contributed by atoms with Crippen molar-refractivity contribution >= 4 is 23.7 Å².